The third kappa shape index (κ3) is 4.62. The molecule has 1 aliphatic heterocycles. The number of nitrogens with one attached hydrogen (secondary N) is 1. The minimum absolute atomic E-state index is 0.0496. The molecule has 0 bridgehead atoms. The van der Waals surface area contributed by atoms with Gasteiger partial charge in [0.15, 0.2) is 0 Å². The third-order valence-electron chi connectivity index (χ3n) is 4.38. The summed E-state index contributed by atoms with van der Waals surface area (Å²) in [4.78, 5) is 49.9. The highest BCUT2D eigenvalue weighted by atomic mass is 32.2. The molecule has 156 valence electrons. The van der Waals surface area contributed by atoms with Gasteiger partial charge in [-0.05, 0) is 67.6 Å². The molecule has 1 aliphatic rings. The number of imide groups is 1. The predicted octanol–water partition coefficient (Wildman–Crippen LogP) is 3.69. The number of rotatable bonds is 7. The standard InChI is InChI=1S/C21H20N2O6S/c1-3-29-14-7-5-13(6-8-14)23-19(25)17(30-21(23)28)11-18(24)22-16-10-12(2)4-9-15(16)20(26)27/h4-10,17H,3,11H2,1-2H3,(H,22,24)(H,26,27). The Balaban J connectivity index is 1.70. The van der Waals surface area contributed by atoms with Crippen molar-refractivity contribution in [3.63, 3.8) is 0 Å². The van der Waals surface area contributed by atoms with Gasteiger partial charge in [-0.2, -0.15) is 0 Å². The van der Waals surface area contributed by atoms with Crippen LogP contribution >= 0.6 is 11.8 Å². The number of thioether (sulfide) groups is 1. The first-order valence-corrected chi connectivity index (χ1v) is 10.1. The van der Waals surface area contributed by atoms with Crippen LogP contribution in [0.3, 0.4) is 0 Å². The lowest BCUT2D eigenvalue weighted by atomic mass is 10.1. The summed E-state index contributed by atoms with van der Waals surface area (Å²) in [5.74, 6) is -1.59. The second kappa shape index (κ2) is 9.00. The zero-order chi connectivity index (χ0) is 21.8. The molecule has 2 aromatic rings. The maximum absolute atomic E-state index is 12.7. The molecule has 0 aliphatic carbocycles. The zero-order valence-electron chi connectivity index (χ0n) is 16.4. The molecule has 8 nitrogen and oxygen atoms in total. The van der Waals surface area contributed by atoms with Crippen LogP contribution in [0.2, 0.25) is 0 Å². The first-order valence-electron chi connectivity index (χ1n) is 9.21. The van der Waals surface area contributed by atoms with E-state index in [9.17, 15) is 24.3 Å². The van der Waals surface area contributed by atoms with Crippen LogP contribution in [0.1, 0.15) is 29.3 Å². The van der Waals surface area contributed by atoms with Crippen LogP contribution in [0.5, 0.6) is 5.75 Å². The van der Waals surface area contributed by atoms with Crippen LogP contribution in [-0.2, 0) is 9.59 Å². The van der Waals surface area contributed by atoms with Gasteiger partial charge < -0.3 is 15.2 Å². The highest BCUT2D eigenvalue weighted by Crippen LogP contribution is 2.34. The fraction of sp³-hybridized carbons (Fsp3) is 0.238. The molecule has 1 unspecified atom stereocenters. The lowest BCUT2D eigenvalue weighted by molar-refractivity contribution is -0.121. The van der Waals surface area contributed by atoms with E-state index in [0.29, 0.717) is 18.0 Å². The summed E-state index contributed by atoms with van der Waals surface area (Å²) in [5.41, 5.74) is 1.28. The van der Waals surface area contributed by atoms with Crippen LogP contribution in [0, 0.1) is 6.92 Å². The number of carboxylic acids is 1. The Morgan fingerprint density at radius 2 is 1.87 bits per heavy atom. The van der Waals surface area contributed by atoms with Gasteiger partial charge in [-0.15, -0.1) is 0 Å². The van der Waals surface area contributed by atoms with Crippen LogP contribution in [-0.4, -0.2) is 40.0 Å². The van der Waals surface area contributed by atoms with Gasteiger partial charge >= 0.3 is 5.97 Å². The van der Waals surface area contributed by atoms with Gasteiger partial charge in [0.25, 0.3) is 5.24 Å². The fourth-order valence-corrected chi connectivity index (χ4v) is 3.98. The van der Waals surface area contributed by atoms with Crippen LogP contribution in [0.25, 0.3) is 0 Å². The van der Waals surface area contributed by atoms with E-state index < -0.39 is 28.3 Å². The second-order valence-corrected chi connectivity index (χ2v) is 7.73. The molecule has 0 aromatic heterocycles. The number of amides is 3. The lowest BCUT2D eigenvalue weighted by Gasteiger charge is -2.15. The molecule has 2 aromatic carbocycles. The summed E-state index contributed by atoms with van der Waals surface area (Å²) in [6.45, 7) is 4.12. The first kappa shape index (κ1) is 21.4. The van der Waals surface area contributed by atoms with Gasteiger partial charge in [0, 0.05) is 6.42 Å². The number of hydrogen-bond acceptors (Lipinski definition) is 6. The largest absolute Gasteiger partial charge is 0.494 e. The van der Waals surface area contributed by atoms with E-state index in [2.05, 4.69) is 5.32 Å². The van der Waals surface area contributed by atoms with Crippen molar-refractivity contribution in [2.75, 3.05) is 16.8 Å². The Morgan fingerprint density at radius 1 is 1.17 bits per heavy atom. The molecule has 0 spiro atoms. The Labute approximate surface area is 177 Å². The predicted molar refractivity (Wildman–Crippen MR) is 113 cm³/mol. The van der Waals surface area contributed by atoms with Gasteiger partial charge in [0.2, 0.25) is 11.8 Å². The van der Waals surface area contributed by atoms with Gasteiger partial charge in [-0.1, -0.05) is 6.07 Å². The van der Waals surface area contributed by atoms with E-state index in [-0.39, 0.29) is 17.7 Å². The van der Waals surface area contributed by atoms with Crippen molar-refractivity contribution in [1.82, 2.24) is 0 Å². The van der Waals surface area contributed by atoms with Crippen LogP contribution in [0.15, 0.2) is 42.5 Å². The summed E-state index contributed by atoms with van der Waals surface area (Å²) in [6, 6.07) is 11.1. The normalized spacial score (nSPS) is 15.9. The first-order chi connectivity index (χ1) is 14.3. The minimum atomic E-state index is -1.17. The molecule has 1 fully saturated rings. The van der Waals surface area contributed by atoms with Gasteiger partial charge in [0.05, 0.1) is 23.5 Å². The summed E-state index contributed by atoms with van der Waals surface area (Å²) >= 11 is 0.773. The summed E-state index contributed by atoms with van der Waals surface area (Å²) in [5, 5.41) is 10.5. The molecule has 3 rings (SSSR count). The molecule has 0 saturated carbocycles. The number of carboxylic acid groups (broad SMARTS) is 1. The number of nitrogens with zero attached hydrogens (tertiary/aromatic N) is 1. The molecule has 0 radical (unpaired) electrons. The molecule has 2 N–H and O–H groups in total. The third-order valence-corrected chi connectivity index (χ3v) is 5.41. The smallest absolute Gasteiger partial charge is 0.337 e. The zero-order valence-corrected chi connectivity index (χ0v) is 17.2. The van der Waals surface area contributed by atoms with Crippen molar-refractivity contribution in [3.05, 3.63) is 53.6 Å². The number of benzene rings is 2. The highest BCUT2D eigenvalue weighted by molar-refractivity contribution is 8.15. The molecule has 3 amide bonds. The molecule has 1 atom stereocenters. The van der Waals surface area contributed by atoms with Gasteiger partial charge in [0.1, 0.15) is 11.0 Å². The summed E-state index contributed by atoms with van der Waals surface area (Å²) in [7, 11) is 0. The average Bonchev–Trinajstić information content (AvgIpc) is 2.95. The second-order valence-electron chi connectivity index (χ2n) is 6.58. The maximum Gasteiger partial charge on any atom is 0.337 e. The monoisotopic (exact) mass is 428 g/mol. The number of ether oxygens (including phenoxy) is 1. The number of carbonyl (C=O) groups is 4. The number of carbonyl (C=O) groups excluding carboxylic acids is 3. The maximum atomic E-state index is 12.7. The van der Waals surface area contributed by atoms with E-state index in [1.807, 2.05) is 6.92 Å². The van der Waals surface area contributed by atoms with Crippen molar-refractivity contribution >= 4 is 46.2 Å². The molecule has 1 heterocycles. The summed E-state index contributed by atoms with van der Waals surface area (Å²) < 4.78 is 5.35. The van der Waals surface area contributed by atoms with Crippen molar-refractivity contribution in [1.29, 1.82) is 0 Å². The summed E-state index contributed by atoms with van der Waals surface area (Å²) in [6.07, 6.45) is -0.254. The van der Waals surface area contributed by atoms with Gasteiger partial charge in [-0.25, -0.2) is 9.69 Å². The van der Waals surface area contributed by atoms with E-state index in [1.54, 1.807) is 43.3 Å². The Kier molecular flexibility index (Phi) is 6.41. The van der Waals surface area contributed by atoms with Crippen molar-refractivity contribution in [2.24, 2.45) is 0 Å². The Morgan fingerprint density at radius 3 is 2.50 bits per heavy atom. The average molecular weight is 428 g/mol. The van der Waals surface area contributed by atoms with E-state index in [1.165, 1.54) is 6.07 Å². The van der Waals surface area contributed by atoms with Crippen molar-refractivity contribution < 1.29 is 29.0 Å². The van der Waals surface area contributed by atoms with Crippen LogP contribution < -0.4 is 15.0 Å². The fourth-order valence-electron chi connectivity index (χ4n) is 3.00. The van der Waals surface area contributed by atoms with Crippen molar-refractivity contribution in [2.45, 2.75) is 25.5 Å². The number of hydrogen-bond donors (Lipinski definition) is 2. The highest BCUT2D eigenvalue weighted by Gasteiger charge is 2.41. The number of anilines is 2. The number of aromatic carboxylic acids is 1. The molecular formula is C21H20N2O6S. The van der Waals surface area contributed by atoms with Gasteiger partial charge in [-0.3, -0.25) is 14.4 Å². The molecule has 30 heavy (non-hydrogen) atoms. The Bertz CT molecular complexity index is 1010. The van der Waals surface area contributed by atoms with E-state index >= 15 is 0 Å². The van der Waals surface area contributed by atoms with E-state index in [4.69, 9.17) is 4.74 Å². The topological polar surface area (TPSA) is 113 Å². The molecule has 1 saturated heterocycles. The van der Waals surface area contributed by atoms with Crippen LogP contribution in [0.4, 0.5) is 16.2 Å². The van der Waals surface area contributed by atoms with Crippen molar-refractivity contribution in [3.8, 4) is 5.75 Å². The quantitative estimate of drug-likeness (QED) is 0.691. The minimum Gasteiger partial charge on any atom is -0.494 e. The van der Waals surface area contributed by atoms with E-state index in [0.717, 1.165) is 22.2 Å². The Hall–Kier alpha value is -3.33. The molecular weight excluding hydrogens is 408 g/mol. The number of aryl methyl sites for hydroxylation is 1. The lowest BCUT2D eigenvalue weighted by Crippen LogP contribution is -2.33. The SMILES string of the molecule is CCOc1ccc(N2C(=O)SC(CC(=O)Nc3cc(C)ccc3C(=O)O)C2=O)cc1. The molecule has 9 heteroatoms.